The molecule has 1 amide bonds. The molecule has 0 aliphatic rings. The molecule has 1 aromatic heterocycles. The van der Waals surface area contributed by atoms with Crippen LogP contribution in [0.25, 0.3) is 17.0 Å². The number of carbonyl (C=O) groups is 1. The first-order valence-electron chi connectivity index (χ1n) is 8.28. The molecule has 1 heterocycles. The van der Waals surface area contributed by atoms with Crippen LogP contribution in [-0.4, -0.2) is 10.5 Å². The number of nitrogens with one attached hydrogen (secondary N) is 1. The van der Waals surface area contributed by atoms with E-state index in [1.807, 2.05) is 42.0 Å². The minimum atomic E-state index is -0.467. The van der Waals surface area contributed by atoms with Crippen molar-refractivity contribution < 1.29 is 9.18 Å². The van der Waals surface area contributed by atoms with Gasteiger partial charge in [-0.15, -0.1) is 0 Å². The molecule has 1 N–H and O–H groups in total. The van der Waals surface area contributed by atoms with E-state index in [0.717, 1.165) is 22.0 Å². The van der Waals surface area contributed by atoms with Crippen LogP contribution in [-0.2, 0) is 11.3 Å². The van der Waals surface area contributed by atoms with Gasteiger partial charge in [0, 0.05) is 35.3 Å². The zero-order chi connectivity index (χ0) is 18.5. The first kappa shape index (κ1) is 17.4. The van der Waals surface area contributed by atoms with Crippen LogP contribution in [0.15, 0.2) is 54.7 Å². The molecule has 5 heteroatoms. The topological polar surface area (TPSA) is 57.8 Å². The van der Waals surface area contributed by atoms with Crippen LogP contribution >= 0.6 is 0 Å². The number of anilines is 1. The number of rotatable bonds is 5. The zero-order valence-electron chi connectivity index (χ0n) is 14.4. The van der Waals surface area contributed by atoms with Gasteiger partial charge in [0.15, 0.2) is 0 Å². The average Bonchev–Trinajstić information content (AvgIpc) is 2.99. The Morgan fingerprint density at radius 2 is 2.12 bits per heavy atom. The van der Waals surface area contributed by atoms with Crippen molar-refractivity contribution >= 4 is 28.6 Å². The molecule has 0 saturated carbocycles. The molecular weight excluding hydrogens is 329 g/mol. The van der Waals surface area contributed by atoms with Gasteiger partial charge in [0.25, 0.3) is 0 Å². The van der Waals surface area contributed by atoms with Crippen molar-refractivity contribution in [3.8, 4) is 6.07 Å². The van der Waals surface area contributed by atoms with Crippen molar-refractivity contribution in [3.63, 3.8) is 0 Å². The number of benzene rings is 2. The molecule has 2 aromatic carbocycles. The van der Waals surface area contributed by atoms with E-state index >= 15 is 0 Å². The van der Waals surface area contributed by atoms with Crippen molar-refractivity contribution in [3.05, 3.63) is 71.7 Å². The molecule has 130 valence electrons. The molecule has 0 fully saturated rings. The fourth-order valence-electron chi connectivity index (χ4n) is 2.84. The number of nitriles is 1. The molecule has 0 spiro atoms. The Morgan fingerprint density at radius 3 is 2.92 bits per heavy atom. The number of carbonyl (C=O) groups excluding carboxylic acids is 1. The van der Waals surface area contributed by atoms with Crippen LogP contribution in [0.2, 0.25) is 0 Å². The van der Waals surface area contributed by atoms with Gasteiger partial charge in [-0.3, -0.25) is 4.79 Å². The van der Waals surface area contributed by atoms with Crippen LogP contribution in [0.3, 0.4) is 0 Å². The van der Waals surface area contributed by atoms with Crippen LogP contribution in [0.5, 0.6) is 0 Å². The van der Waals surface area contributed by atoms with Crippen molar-refractivity contribution in [1.29, 1.82) is 5.26 Å². The number of hydrogen-bond donors (Lipinski definition) is 1. The van der Waals surface area contributed by atoms with Crippen molar-refractivity contribution in [2.45, 2.75) is 19.9 Å². The van der Waals surface area contributed by atoms with Gasteiger partial charge in [0.2, 0.25) is 5.91 Å². The number of halogens is 1. The van der Waals surface area contributed by atoms with E-state index in [-0.39, 0.29) is 5.69 Å². The fourth-order valence-corrected chi connectivity index (χ4v) is 2.84. The van der Waals surface area contributed by atoms with E-state index in [1.54, 1.807) is 18.2 Å². The third-order valence-electron chi connectivity index (χ3n) is 4.08. The van der Waals surface area contributed by atoms with Gasteiger partial charge in [-0.1, -0.05) is 24.3 Å². The van der Waals surface area contributed by atoms with Crippen LogP contribution in [0.1, 0.15) is 17.5 Å². The van der Waals surface area contributed by atoms with Crippen molar-refractivity contribution in [1.82, 2.24) is 4.57 Å². The Hall–Kier alpha value is -3.39. The Balaban J connectivity index is 1.83. The van der Waals surface area contributed by atoms with Gasteiger partial charge < -0.3 is 9.88 Å². The maximum Gasteiger partial charge on any atom is 0.248 e. The molecule has 0 atom stereocenters. The summed E-state index contributed by atoms with van der Waals surface area (Å²) < 4.78 is 15.8. The Bertz CT molecular complexity index is 1030. The molecule has 0 aliphatic heterocycles. The summed E-state index contributed by atoms with van der Waals surface area (Å²) in [5, 5.41) is 12.4. The summed E-state index contributed by atoms with van der Waals surface area (Å²) in [6, 6.07) is 14.5. The third-order valence-corrected chi connectivity index (χ3v) is 4.08. The number of amides is 1. The van der Waals surface area contributed by atoms with Gasteiger partial charge in [-0.05, 0) is 36.8 Å². The molecule has 0 unspecified atom stereocenters. The molecule has 4 nitrogen and oxygen atoms in total. The molecule has 3 rings (SSSR count). The minimum absolute atomic E-state index is 0.163. The number of aryl methyl sites for hydroxylation is 2. The van der Waals surface area contributed by atoms with Crippen molar-refractivity contribution in [2.24, 2.45) is 0 Å². The zero-order valence-corrected chi connectivity index (χ0v) is 14.4. The van der Waals surface area contributed by atoms with Crippen LogP contribution in [0, 0.1) is 24.1 Å². The van der Waals surface area contributed by atoms with Gasteiger partial charge in [0.1, 0.15) is 5.82 Å². The lowest BCUT2D eigenvalue weighted by atomic mass is 10.1. The quantitative estimate of drug-likeness (QED) is 0.683. The SMILES string of the molecule is Cc1ccc(F)c(NC(=O)/C=C/c2cn(CCC#N)c3ccccc23)c1. The molecule has 0 radical (unpaired) electrons. The minimum Gasteiger partial charge on any atom is -0.346 e. The second-order valence-electron chi connectivity index (χ2n) is 6.01. The maximum absolute atomic E-state index is 13.8. The van der Waals surface area contributed by atoms with Crippen molar-refractivity contribution in [2.75, 3.05) is 5.32 Å². The summed E-state index contributed by atoms with van der Waals surface area (Å²) in [5.41, 5.74) is 2.91. The highest BCUT2D eigenvalue weighted by Crippen LogP contribution is 2.23. The summed E-state index contributed by atoms with van der Waals surface area (Å²) >= 11 is 0. The number of fused-ring (bicyclic) bond motifs is 1. The molecule has 3 aromatic rings. The lowest BCUT2D eigenvalue weighted by Crippen LogP contribution is -2.09. The maximum atomic E-state index is 13.8. The Labute approximate surface area is 151 Å². The number of nitrogens with zero attached hydrogens (tertiary/aromatic N) is 2. The number of aromatic nitrogens is 1. The fraction of sp³-hybridized carbons (Fsp3) is 0.143. The average molecular weight is 347 g/mol. The standard InChI is InChI=1S/C21H18FN3O/c1-15-7-9-18(22)19(13-15)24-21(26)10-8-16-14-25(12-4-11-23)20-6-3-2-5-17(16)20/h2-3,5-10,13-14H,4,12H2,1H3,(H,24,26)/b10-8+. The number of para-hydroxylation sites is 1. The second kappa shape index (κ2) is 7.66. The first-order chi connectivity index (χ1) is 12.6. The van der Waals surface area contributed by atoms with Gasteiger partial charge in [0.05, 0.1) is 18.2 Å². The summed E-state index contributed by atoms with van der Waals surface area (Å²) in [6.45, 7) is 2.42. The second-order valence-corrected chi connectivity index (χ2v) is 6.01. The molecule has 26 heavy (non-hydrogen) atoms. The Kier molecular flexibility index (Phi) is 5.14. The predicted molar refractivity (Wildman–Crippen MR) is 101 cm³/mol. The highest BCUT2D eigenvalue weighted by atomic mass is 19.1. The molecule has 0 saturated heterocycles. The highest BCUT2D eigenvalue weighted by molar-refractivity contribution is 6.03. The highest BCUT2D eigenvalue weighted by Gasteiger charge is 2.08. The van der Waals surface area contributed by atoms with Gasteiger partial charge >= 0.3 is 0 Å². The summed E-state index contributed by atoms with van der Waals surface area (Å²) in [7, 11) is 0. The first-order valence-corrected chi connectivity index (χ1v) is 8.28. The van der Waals surface area contributed by atoms with Crippen LogP contribution < -0.4 is 5.32 Å². The van der Waals surface area contributed by atoms with E-state index in [2.05, 4.69) is 11.4 Å². The monoisotopic (exact) mass is 347 g/mol. The van der Waals surface area contributed by atoms with E-state index in [1.165, 1.54) is 12.1 Å². The largest absolute Gasteiger partial charge is 0.346 e. The van der Waals surface area contributed by atoms with Gasteiger partial charge in [-0.2, -0.15) is 5.26 Å². The Morgan fingerprint density at radius 1 is 1.31 bits per heavy atom. The lowest BCUT2D eigenvalue weighted by molar-refractivity contribution is -0.111. The summed E-state index contributed by atoms with van der Waals surface area (Å²) in [5.74, 6) is -0.867. The summed E-state index contributed by atoms with van der Waals surface area (Å²) in [4.78, 5) is 12.1. The summed E-state index contributed by atoms with van der Waals surface area (Å²) in [6.07, 6.45) is 5.42. The van der Waals surface area contributed by atoms with E-state index in [9.17, 15) is 9.18 Å². The predicted octanol–water partition coefficient (Wildman–Crippen LogP) is 4.65. The smallest absolute Gasteiger partial charge is 0.248 e. The molecule has 0 aliphatic carbocycles. The number of hydrogen-bond acceptors (Lipinski definition) is 2. The van der Waals surface area contributed by atoms with E-state index in [4.69, 9.17) is 5.26 Å². The molecular formula is C21H18FN3O. The van der Waals surface area contributed by atoms with Crippen LogP contribution in [0.4, 0.5) is 10.1 Å². The van der Waals surface area contributed by atoms with E-state index in [0.29, 0.717) is 13.0 Å². The normalized spacial score (nSPS) is 11.0. The molecule has 0 bridgehead atoms. The third kappa shape index (κ3) is 3.81. The van der Waals surface area contributed by atoms with Gasteiger partial charge in [-0.25, -0.2) is 4.39 Å². The van der Waals surface area contributed by atoms with E-state index < -0.39 is 11.7 Å². The lowest BCUT2D eigenvalue weighted by Gasteiger charge is -2.04.